The molecule has 1 amide bonds. The molecule has 1 saturated heterocycles. The topological polar surface area (TPSA) is 55.6 Å². The number of carbonyl (C=O) groups is 1. The summed E-state index contributed by atoms with van der Waals surface area (Å²) in [5.41, 5.74) is 6.38. The van der Waals surface area contributed by atoms with Crippen LogP contribution >= 0.6 is 12.4 Å². The van der Waals surface area contributed by atoms with Gasteiger partial charge < -0.3 is 15.4 Å². The van der Waals surface area contributed by atoms with Crippen molar-refractivity contribution in [2.24, 2.45) is 11.7 Å². The molecule has 1 fully saturated rings. The van der Waals surface area contributed by atoms with E-state index in [1.807, 2.05) is 23.1 Å². The monoisotopic (exact) mass is 284 g/mol. The van der Waals surface area contributed by atoms with Gasteiger partial charge in [0.15, 0.2) is 0 Å². The molecule has 4 nitrogen and oxygen atoms in total. The molecule has 0 radical (unpaired) electrons. The summed E-state index contributed by atoms with van der Waals surface area (Å²) in [7, 11) is 1.61. The molecular formula is C14H21ClN2O2. The fraction of sp³-hybridized carbons (Fsp3) is 0.500. The zero-order chi connectivity index (χ0) is 13.0. The molecule has 0 aliphatic carbocycles. The van der Waals surface area contributed by atoms with Crippen LogP contribution in [0.1, 0.15) is 23.2 Å². The molecule has 1 aliphatic heterocycles. The predicted molar refractivity (Wildman–Crippen MR) is 77.9 cm³/mol. The van der Waals surface area contributed by atoms with Crippen LogP contribution in [0.15, 0.2) is 24.3 Å². The lowest BCUT2D eigenvalue weighted by atomic mass is 9.97. The third-order valence-corrected chi connectivity index (χ3v) is 3.46. The Morgan fingerprint density at radius 3 is 3.00 bits per heavy atom. The number of hydrogen-bond donors (Lipinski definition) is 1. The molecule has 0 spiro atoms. The van der Waals surface area contributed by atoms with E-state index in [0.29, 0.717) is 23.8 Å². The summed E-state index contributed by atoms with van der Waals surface area (Å²) in [5, 5.41) is 0. The summed E-state index contributed by atoms with van der Waals surface area (Å²) in [6, 6.07) is 7.30. The van der Waals surface area contributed by atoms with Crippen molar-refractivity contribution in [1.82, 2.24) is 4.90 Å². The number of nitrogens with two attached hydrogens (primary N) is 1. The van der Waals surface area contributed by atoms with Crippen LogP contribution in [-0.2, 0) is 0 Å². The zero-order valence-corrected chi connectivity index (χ0v) is 12.0. The molecule has 0 bridgehead atoms. The largest absolute Gasteiger partial charge is 0.497 e. The fourth-order valence-corrected chi connectivity index (χ4v) is 2.38. The molecule has 19 heavy (non-hydrogen) atoms. The minimum absolute atomic E-state index is 0. The van der Waals surface area contributed by atoms with Gasteiger partial charge in [-0.15, -0.1) is 12.4 Å². The molecule has 2 N–H and O–H groups in total. The number of piperidine rings is 1. The minimum atomic E-state index is 0. The quantitative estimate of drug-likeness (QED) is 0.923. The summed E-state index contributed by atoms with van der Waals surface area (Å²) < 4.78 is 5.14. The number of nitrogens with zero attached hydrogens (tertiary/aromatic N) is 1. The van der Waals surface area contributed by atoms with Gasteiger partial charge >= 0.3 is 0 Å². The van der Waals surface area contributed by atoms with Crippen molar-refractivity contribution in [2.45, 2.75) is 12.8 Å². The van der Waals surface area contributed by atoms with E-state index < -0.39 is 0 Å². The van der Waals surface area contributed by atoms with Crippen molar-refractivity contribution < 1.29 is 9.53 Å². The lowest BCUT2D eigenvalue weighted by molar-refractivity contribution is 0.0678. The van der Waals surface area contributed by atoms with Gasteiger partial charge in [-0.05, 0) is 43.5 Å². The first-order chi connectivity index (χ1) is 8.74. The fourth-order valence-electron chi connectivity index (χ4n) is 2.38. The van der Waals surface area contributed by atoms with E-state index in [9.17, 15) is 4.79 Å². The number of benzene rings is 1. The van der Waals surface area contributed by atoms with E-state index in [1.54, 1.807) is 13.2 Å². The molecule has 1 aromatic carbocycles. The van der Waals surface area contributed by atoms with Gasteiger partial charge in [0.1, 0.15) is 5.75 Å². The summed E-state index contributed by atoms with van der Waals surface area (Å²) in [6.07, 6.45) is 2.16. The Kier molecular flexibility index (Phi) is 6.12. The second-order valence-corrected chi connectivity index (χ2v) is 4.73. The SMILES string of the molecule is COc1cccc(C(=O)N2CCCC(CN)C2)c1.Cl. The number of ether oxygens (including phenoxy) is 1. The van der Waals surface area contributed by atoms with Crippen molar-refractivity contribution >= 4 is 18.3 Å². The maximum Gasteiger partial charge on any atom is 0.253 e. The van der Waals surface area contributed by atoms with Gasteiger partial charge in [0.2, 0.25) is 0 Å². The summed E-state index contributed by atoms with van der Waals surface area (Å²) in [4.78, 5) is 14.3. The van der Waals surface area contributed by atoms with E-state index in [1.165, 1.54) is 0 Å². The highest BCUT2D eigenvalue weighted by Crippen LogP contribution is 2.19. The van der Waals surface area contributed by atoms with Crippen LogP contribution < -0.4 is 10.5 Å². The summed E-state index contributed by atoms with van der Waals surface area (Å²) in [6.45, 7) is 2.25. The van der Waals surface area contributed by atoms with Crippen molar-refractivity contribution in [3.05, 3.63) is 29.8 Å². The van der Waals surface area contributed by atoms with Crippen LogP contribution in [0.5, 0.6) is 5.75 Å². The van der Waals surface area contributed by atoms with E-state index >= 15 is 0 Å². The Labute approximate surface area is 120 Å². The van der Waals surface area contributed by atoms with Crippen LogP contribution in [0.25, 0.3) is 0 Å². The van der Waals surface area contributed by atoms with Crippen molar-refractivity contribution in [2.75, 3.05) is 26.7 Å². The highest BCUT2D eigenvalue weighted by molar-refractivity contribution is 5.94. The van der Waals surface area contributed by atoms with Gasteiger partial charge in [-0.25, -0.2) is 0 Å². The van der Waals surface area contributed by atoms with Gasteiger partial charge in [0.25, 0.3) is 5.91 Å². The normalized spacial score (nSPS) is 18.6. The van der Waals surface area contributed by atoms with Crippen LogP contribution in [0, 0.1) is 5.92 Å². The van der Waals surface area contributed by atoms with Crippen LogP contribution in [-0.4, -0.2) is 37.6 Å². The molecule has 1 aliphatic rings. The number of likely N-dealkylation sites (tertiary alicyclic amines) is 1. The first kappa shape index (κ1) is 15.8. The van der Waals surface area contributed by atoms with Crippen molar-refractivity contribution in [3.63, 3.8) is 0 Å². The molecule has 0 aromatic heterocycles. The third-order valence-electron chi connectivity index (χ3n) is 3.46. The van der Waals surface area contributed by atoms with E-state index in [-0.39, 0.29) is 18.3 Å². The maximum absolute atomic E-state index is 12.4. The number of rotatable bonds is 3. The van der Waals surface area contributed by atoms with Crippen molar-refractivity contribution in [3.8, 4) is 5.75 Å². The Hall–Kier alpha value is -1.26. The molecule has 5 heteroatoms. The van der Waals surface area contributed by atoms with Crippen LogP contribution in [0.4, 0.5) is 0 Å². The first-order valence-corrected chi connectivity index (χ1v) is 6.38. The van der Waals surface area contributed by atoms with E-state index in [2.05, 4.69) is 0 Å². The van der Waals surface area contributed by atoms with Gasteiger partial charge in [0, 0.05) is 18.7 Å². The Bertz CT molecular complexity index is 426. The number of halogens is 1. The van der Waals surface area contributed by atoms with Crippen LogP contribution in [0.3, 0.4) is 0 Å². The van der Waals surface area contributed by atoms with E-state index in [4.69, 9.17) is 10.5 Å². The first-order valence-electron chi connectivity index (χ1n) is 6.38. The molecular weight excluding hydrogens is 264 g/mol. The van der Waals surface area contributed by atoms with Gasteiger partial charge in [-0.2, -0.15) is 0 Å². The molecule has 1 unspecified atom stereocenters. The minimum Gasteiger partial charge on any atom is -0.497 e. The number of carbonyl (C=O) groups excluding carboxylic acids is 1. The lowest BCUT2D eigenvalue weighted by Crippen LogP contribution is -2.42. The summed E-state index contributed by atoms with van der Waals surface area (Å²) in [5.74, 6) is 1.23. The average molecular weight is 285 g/mol. The highest BCUT2D eigenvalue weighted by atomic mass is 35.5. The Morgan fingerprint density at radius 2 is 2.32 bits per heavy atom. The third kappa shape index (κ3) is 3.85. The molecule has 2 rings (SSSR count). The van der Waals surface area contributed by atoms with Gasteiger partial charge in [0.05, 0.1) is 7.11 Å². The molecule has 1 atom stereocenters. The lowest BCUT2D eigenvalue weighted by Gasteiger charge is -2.32. The second kappa shape index (κ2) is 7.36. The average Bonchev–Trinajstić information content (AvgIpc) is 2.46. The van der Waals surface area contributed by atoms with E-state index in [0.717, 1.165) is 25.9 Å². The second-order valence-electron chi connectivity index (χ2n) is 4.73. The Morgan fingerprint density at radius 1 is 1.53 bits per heavy atom. The molecule has 1 heterocycles. The zero-order valence-electron chi connectivity index (χ0n) is 11.2. The standard InChI is InChI=1S/C14H20N2O2.ClH/c1-18-13-6-2-5-12(8-13)14(17)16-7-3-4-11(9-15)10-16;/h2,5-6,8,11H,3-4,7,9-10,15H2,1H3;1H. The number of amides is 1. The van der Waals surface area contributed by atoms with Gasteiger partial charge in [-0.3, -0.25) is 4.79 Å². The predicted octanol–water partition coefficient (Wildman–Crippen LogP) is 1.93. The number of hydrogen-bond acceptors (Lipinski definition) is 3. The highest BCUT2D eigenvalue weighted by Gasteiger charge is 2.23. The van der Waals surface area contributed by atoms with Crippen LogP contribution in [0.2, 0.25) is 0 Å². The smallest absolute Gasteiger partial charge is 0.253 e. The number of methoxy groups -OCH3 is 1. The Balaban J connectivity index is 0.00000180. The molecule has 0 saturated carbocycles. The molecule has 106 valence electrons. The van der Waals surface area contributed by atoms with Gasteiger partial charge in [-0.1, -0.05) is 6.07 Å². The summed E-state index contributed by atoms with van der Waals surface area (Å²) >= 11 is 0. The van der Waals surface area contributed by atoms with Crippen molar-refractivity contribution in [1.29, 1.82) is 0 Å². The molecule has 1 aromatic rings. The maximum atomic E-state index is 12.4.